The van der Waals surface area contributed by atoms with Gasteiger partial charge in [-0.25, -0.2) is 9.59 Å². The predicted molar refractivity (Wildman–Crippen MR) is 252 cm³/mol. The highest BCUT2D eigenvalue weighted by Gasteiger charge is 2.30. The van der Waals surface area contributed by atoms with E-state index >= 15 is 0 Å². The minimum atomic E-state index is -1.26. The molecule has 4 aliphatic heterocycles. The first-order chi connectivity index (χ1) is 31.2. The van der Waals surface area contributed by atoms with Gasteiger partial charge in [-0.05, 0) is 128 Å². The Hall–Kier alpha value is -5.37. The lowest BCUT2D eigenvalue weighted by Crippen LogP contribution is -2.46. The standard InChI is InChI=1S/C24H30N2O4.C23H28N2S.C4H4O4/c1-27-22-14-16-12-19(13-17(16)15-23(22)28-2)25-18-6-8-26(9-7-18)20-4-3-5-21-24(20)30-11-10-29-21;1-2-6-19-16-21(15-18(19)5-1)24-20-10-12-25(13-11-20)22-9-3-7-17-8-4-14-26-23(17)22;5-3(6)1-2-4(7)8/h3-5,14-15,18-19,25H,6-13H2,1-2H3;1-3,5-7,9,20-21,24H,4,8,10-16H2;1-2H,(H,5,6)(H,7,8)/b;;2-1+. The molecule has 0 radical (unpaired) electrons. The molecule has 0 bridgehead atoms. The first-order valence-electron chi connectivity index (χ1n) is 22.8. The van der Waals surface area contributed by atoms with Crippen molar-refractivity contribution in [2.45, 2.75) is 93.3 Å². The second-order valence-electron chi connectivity index (χ2n) is 17.3. The number of benzene rings is 4. The quantitative estimate of drug-likeness (QED) is 0.118. The maximum absolute atomic E-state index is 9.55. The van der Waals surface area contributed by atoms with Crippen LogP contribution in [-0.2, 0) is 41.7 Å². The Morgan fingerprint density at radius 1 is 0.641 bits per heavy atom. The van der Waals surface area contributed by atoms with E-state index in [0.29, 0.717) is 49.5 Å². The van der Waals surface area contributed by atoms with Gasteiger partial charge in [0.1, 0.15) is 13.2 Å². The summed E-state index contributed by atoms with van der Waals surface area (Å²) in [4.78, 5) is 25.7. The Bertz CT molecular complexity index is 2200. The van der Waals surface area contributed by atoms with Crippen molar-refractivity contribution in [1.82, 2.24) is 10.6 Å². The number of carboxylic acids is 2. The van der Waals surface area contributed by atoms with E-state index in [2.05, 4.69) is 98.9 Å². The molecule has 0 atom stereocenters. The van der Waals surface area contributed by atoms with Gasteiger partial charge in [-0.15, -0.1) is 11.8 Å². The second kappa shape index (κ2) is 21.5. The molecule has 4 aromatic carbocycles. The first kappa shape index (κ1) is 45.2. The molecule has 12 nitrogen and oxygen atoms in total. The second-order valence-corrected chi connectivity index (χ2v) is 18.4. The Balaban J connectivity index is 0.000000151. The molecule has 340 valence electrons. The number of aryl methyl sites for hydroxylation is 1. The van der Waals surface area contributed by atoms with Gasteiger partial charge < -0.3 is 49.6 Å². The molecule has 0 aromatic heterocycles. The van der Waals surface area contributed by atoms with Crippen LogP contribution in [0.1, 0.15) is 59.9 Å². The maximum atomic E-state index is 9.55. The monoisotopic (exact) mass is 890 g/mol. The van der Waals surface area contributed by atoms with Crippen LogP contribution in [0.2, 0.25) is 0 Å². The number of piperidine rings is 2. The number of nitrogens with zero attached hydrogens (tertiary/aromatic N) is 2. The van der Waals surface area contributed by atoms with E-state index in [-0.39, 0.29) is 0 Å². The number of thioether (sulfide) groups is 1. The SMILES string of the molecule is COc1cc2c(cc1OC)CC(NC1CCN(c3cccc4c3OCCO4)CC1)C2.O=C(O)/C=C/C(=O)O.c1ccc2c(c1)CC(NC1CCN(c3cccc4c3SCCC4)CC1)C2. The average Bonchev–Trinajstić information content (AvgIpc) is 3.93. The molecule has 6 aliphatic rings. The molecule has 4 N–H and O–H groups in total. The van der Waals surface area contributed by atoms with Crippen molar-refractivity contribution in [2.24, 2.45) is 0 Å². The molecule has 0 unspecified atom stereocenters. The number of fused-ring (bicyclic) bond motifs is 4. The number of anilines is 2. The van der Waals surface area contributed by atoms with Crippen LogP contribution >= 0.6 is 11.8 Å². The fourth-order valence-corrected chi connectivity index (χ4v) is 11.2. The molecular formula is C51H62N4O8S. The van der Waals surface area contributed by atoms with Crippen LogP contribution in [-0.4, -0.2) is 106 Å². The number of carboxylic acid groups (broad SMARTS) is 2. The molecule has 4 aromatic rings. The molecule has 2 fully saturated rings. The van der Waals surface area contributed by atoms with Crippen molar-refractivity contribution >= 4 is 35.1 Å². The van der Waals surface area contributed by atoms with E-state index in [4.69, 9.17) is 29.2 Å². The van der Waals surface area contributed by atoms with Gasteiger partial charge in [0.05, 0.1) is 25.6 Å². The number of aliphatic carboxylic acids is 2. The zero-order valence-electron chi connectivity index (χ0n) is 37.1. The number of nitrogens with one attached hydrogen (secondary N) is 2. The van der Waals surface area contributed by atoms with E-state index in [9.17, 15) is 9.59 Å². The molecule has 0 spiro atoms. The number of rotatable bonds is 10. The molecule has 0 amide bonds. The Morgan fingerprint density at radius 3 is 1.70 bits per heavy atom. The summed E-state index contributed by atoms with van der Waals surface area (Å²) in [5, 5.41) is 23.5. The summed E-state index contributed by atoms with van der Waals surface area (Å²) >= 11 is 2.07. The normalized spacial score (nSPS) is 18.5. The summed E-state index contributed by atoms with van der Waals surface area (Å²) in [6, 6.07) is 28.7. The number of methoxy groups -OCH3 is 2. The molecule has 2 aliphatic carbocycles. The van der Waals surface area contributed by atoms with Crippen LogP contribution in [0.3, 0.4) is 0 Å². The van der Waals surface area contributed by atoms with Crippen molar-refractivity contribution in [1.29, 1.82) is 0 Å². The summed E-state index contributed by atoms with van der Waals surface area (Å²) in [6.07, 6.45) is 13.0. The summed E-state index contributed by atoms with van der Waals surface area (Å²) in [5.74, 6) is 2.19. The molecule has 10 rings (SSSR count). The third-order valence-corrected chi connectivity index (χ3v) is 14.4. The average molecular weight is 891 g/mol. The minimum absolute atomic E-state index is 0.481. The summed E-state index contributed by atoms with van der Waals surface area (Å²) in [7, 11) is 3.40. The number of ether oxygens (including phenoxy) is 4. The van der Waals surface area contributed by atoms with E-state index in [1.54, 1.807) is 35.8 Å². The molecule has 64 heavy (non-hydrogen) atoms. The van der Waals surface area contributed by atoms with E-state index < -0.39 is 11.9 Å². The van der Waals surface area contributed by atoms with Gasteiger partial charge in [0.15, 0.2) is 23.0 Å². The van der Waals surface area contributed by atoms with Crippen LogP contribution < -0.4 is 39.4 Å². The van der Waals surface area contributed by atoms with Gasteiger partial charge in [-0.1, -0.05) is 42.5 Å². The van der Waals surface area contributed by atoms with Crippen molar-refractivity contribution < 1.29 is 38.7 Å². The van der Waals surface area contributed by atoms with E-state index in [0.717, 1.165) is 67.5 Å². The highest BCUT2D eigenvalue weighted by Crippen LogP contribution is 2.41. The van der Waals surface area contributed by atoms with Gasteiger partial charge >= 0.3 is 11.9 Å². The summed E-state index contributed by atoms with van der Waals surface area (Å²) in [6.45, 7) is 5.68. The van der Waals surface area contributed by atoms with E-state index in [1.165, 1.54) is 74.2 Å². The van der Waals surface area contributed by atoms with Gasteiger partial charge in [0.25, 0.3) is 0 Å². The van der Waals surface area contributed by atoms with Gasteiger partial charge in [-0.2, -0.15) is 0 Å². The predicted octanol–water partition coefficient (Wildman–Crippen LogP) is 7.36. The smallest absolute Gasteiger partial charge is 0.328 e. The highest BCUT2D eigenvalue weighted by atomic mass is 32.2. The zero-order chi connectivity index (χ0) is 44.4. The van der Waals surface area contributed by atoms with Crippen molar-refractivity contribution in [3.8, 4) is 23.0 Å². The lowest BCUT2D eigenvalue weighted by Gasteiger charge is -2.37. The first-order valence-corrected chi connectivity index (χ1v) is 23.8. The highest BCUT2D eigenvalue weighted by molar-refractivity contribution is 7.99. The fraction of sp³-hybridized carbons (Fsp3) is 0.451. The summed E-state index contributed by atoms with van der Waals surface area (Å²) < 4.78 is 22.6. The Morgan fingerprint density at radius 2 is 1.14 bits per heavy atom. The van der Waals surface area contributed by atoms with Crippen LogP contribution in [0, 0.1) is 0 Å². The van der Waals surface area contributed by atoms with Crippen molar-refractivity contribution in [3.05, 3.63) is 113 Å². The van der Waals surface area contributed by atoms with Crippen molar-refractivity contribution in [3.63, 3.8) is 0 Å². The van der Waals surface area contributed by atoms with Crippen LogP contribution in [0.4, 0.5) is 11.4 Å². The Kier molecular flexibility index (Phi) is 15.2. The largest absolute Gasteiger partial charge is 0.493 e. The summed E-state index contributed by atoms with van der Waals surface area (Å²) in [5.41, 5.74) is 10.1. The van der Waals surface area contributed by atoms with Crippen LogP contribution in [0.5, 0.6) is 23.0 Å². The number of para-hydroxylation sites is 1. The molecular weight excluding hydrogens is 829 g/mol. The van der Waals surface area contributed by atoms with Crippen LogP contribution in [0.15, 0.2) is 89.8 Å². The third-order valence-electron chi connectivity index (χ3n) is 13.1. The molecule has 0 saturated carbocycles. The number of carbonyl (C=O) groups is 2. The fourth-order valence-electron chi connectivity index (χ4n) is 10.1. The lowest BCUT2D eigenvalue weighted by atomic mass is 10.0. The van der Waals surface area contributed by atoms with Gasteiger partial charge in [0, 0.05) is 67.4 Å². The van der Waals surface area contributed by atoms with Gasteiger partial charge in [0.2, 0.25) is 0 Å². The topological polar surface area (TPSA) is 142 Å². The third kappa shape index (κ3) is 11.3. The number of hydrogen-bond acceptors (Lipinski definition) is 11. The number of hydrogen-bond donors (Lipinski definition) is 4. The molecule has 13 heteroatoms. The Labute approximate surface area is 381 Å². The van der Waals surface area contributed by atoms with Gasteiger partial charge in [-0.3, -0.25) is 0 Å². The van der Waals surface area contributed by atoms with Crippen molar-refractivity contribution in [2.75, 3.05) is 69.2 Å². The maximum Gasteiger partial charge on any atom is 0.328 e. The van der Waals surface area contributed by atoms with Crippen LogP contribution in [0.25, 0.3) is 0 Å². The molecule has 4 heterocycles. The van der Waals surface area contributed by atoms with E-state index in [1.807, 2.05) is 6.07 Å². The zero-order valence-corrected chi connectivity index (χ0v) is 37.9. The molecule has 2 saturated heterocycles. The minimum Gasteiger partial charge on any atom is -0.493 e. The lowest BCUT2D eigenvalue weighted by molar-refractivity contribution is -0.134.